The number of nitrogens with zero attached hydrogens (tertiary/aromatic N) is 1. The maximum absolute atomic E-state index is 12.9. The van der Waals surface area contributed by atoms with Crippen LogP contribution in [0.15, 0.2) is 0 Å². The fraction of sp³-hybridized carbons (Fsp3) is 0.983. The van der Waals surface area contributed by atoms with Gasteiger partial charge in [0.1, 0.15) is 0 Å². The molecule has 0 aromatic rings. The molecule has 0 bridgehead atoms. The van der Waals surface area contributed by atoms with Crippen LogP contribution >= 0.6 is 0 Å². The van der Waals surface area contributed by atoms with Gasteiger partial charge in [-0.2, -0.15) is 0 Å². The number of hydrogen-bond acceptors (Lipinski definition) is 6. The third kappa shape index (κ3) is 36.7. The molecule has 7 nitrogen and oxygen atoms in total. The second-order valence-corrected chi connectivity index (χ2v) is 21.8. The van der Waals surface area contributed by atoms with Crippen molar-refractivity contribution < 1.29 is 23.9 Å². The average molecular weight is 933 g/mol. The van der Waals surface area contributed by atoms with Crippen LogP contribution in [0.3, 0.4) is 0 Å². The fourth-order valence-electron chi connectivity index (χ4n) is 11.3. The molecule has 1 aliphatic carbocycles. The van der Waals surface area contributed by atoms with E-state index in [1.54, 1.807) is 0 Å². The van der Waals surface area contributed by atoms with Gasteiger partial charge in [0.25, 0.3) is 0 Å². The maximum atomic E-state index is 12.9. The molecule has 7 heteroatoms. The van der Waals surface area contributed by atoms with E-state index in [0.29, 0.717) is 39.1 Å². The summed E-state index contributed by atoms with van der Waals surface area (Å²) in [5.74, 6) is -1.00. The molecule has 2 aliphatic rings. The molecule has 0 radical (unpaired) electrons. The van der Waals surface area contributed by atoms with E-state index >= 15 is 0 Å². The summed E-state index contributed by atoms with van der Waals surface area (Å²) in [5.41, 5.74) is -0.736. The third-order valence-corrected chi connectivity index (χ3v) is 15.7. The lowest BCUT2D eigenvalue weighted by atomic mass is 9.74. The molecular formula is C59H113NO6. The van der Waals surface area contributed by atoms with E-state index in [4.69, 9.17) is 14.2 Å². The van der Waals surface area contributed by atoms with Crippen LogP contribution in [0.25, 0.3) is 0 Å². The third-order valence-electron chi connectivity index (χ3n) is 15.7. The molecule has 0 N–H and O–H groups in total. The molecule has 2 rings (SSSR count). The van der Waals surface area contributed by atoms with Gasteiger partial charge in [-0.25, -0.2) is 0 Å². The zero-order chi connectivity index (χ0) is 47.2. The summed E-state index contributed by atoms with van der Waals surface area (Å²) in [6.07, 6.45) is 66.0. The number of ether oxygens (including phenoxy) is 3. The predicted molar refractivity (Wildman–Crippen MR) is 281 cm³/mol. The Kier molecular flexibility index (Phi) is 41.5. The molecule has 66 heavy (non-hydrogen) atoms. The van der Waals surface area contributed by atoms with Gasteiger partial charge >= 0.3 is 5.97 Å². The van der Waals surface area contributed by atoms with Crippen LogP contribution in [0.1, 0.15) is 334 Å². The van der Waals surface area contributed by atoms with Gasteiger partial charge in [0.05, 0.1) is 26.2 Å². The molecule has 1 heterocycles. The standard InChI is InChI=1S/C59H113NO6/c1-2-64-57(61)55-58(56-60(62)63)49-47-45-43-41-39-37-35-33-31-29-27-25-23-21-19-17-15-13-11-9-7-5-3-4-6-8-10-12-14-16-18-20-22-24-26-28-30-32-34-36-38-40-42-44-46-48-50-59(52-51-58)65-53-54-66-59/h2-56H2,1H3. The van der Waals surface area contributed by atoms with Crippen LogP contribution in [-0.2, 0) is 19.0 Å². The minimum absolute atomic E-state index is 0.0951. The van der Waals surface area contributed by atoms with E-state index in [-0.39, 0.29) is 23.9 Å². The predicted octanol–water partition coefficient (Wildman–Crippen LogP) is 19.5. The van der Waals surface area contributed by atoms with E-state index in [2.05, 4.69) is 0 Å². The lowest BCUT2D eigenvalue weighted by molar-refractivity contribution is -0.498. The van der Waals surface area contributed by atoms with E-state index in [1.165, 1.54) is 263 Å². The van der Waals surface area contributed by atoms with Crippen molar-refractivity contribution in [1.29, 1.82) is 0 Å². The summed E-state index contributed by atoms with van der Waals surface area (Å²) in [6, 6.07) is 0. The minimum atomic E-state index is -0.736. The van der Waals surface area contributed by atoms with E-state index < -0.39 is 11.2 Å². The highest BCUT2D eigenvalue weighted by molar-refractivity contribution is 5.70. The highest BCUT2D eigenvalue weighted by Gasteiger charge is 2.43. The summed E-state index contributed by atoms with van der Waals surface area (Å²) in [6.45, 7) is 3.04. The Morgan fingerprint density at radius 3 is 0.879 bits per heavy atom. The highest BCUT2D eigenvalue weighted by Crippen LogP contribution is 2.41. The van der Waals surface area contributed by atoms with Crippen molar-refractivity contribution in [3.63, 3.8) is 0 Å². The Balaban J connectivity index is 1.73. The lowest BCUT2D eigenvalue weighted by Crippen LogP contribution is -2.38. The summed E-state index contributed by atoms with van der Waals surface area (Å²) in [4.78, 5) is 24.8. The lowest BCUT2D eigenvalue weighted by Gasteiger charge is -2.34. The summed E-state index contributed by atoms with van der Waals surface area (Å²) in [7, 11) is 0. The Labute approximate surface area is 410 Å². The first kappa shape index (κ1) is 60.9. The van der Waals surface area contributed by atoms with Gasteiger partial charge in [0, 0.05) is 23.2 Å². The zero-order valence-electron chi connectivity index (χ0n) is 44.3. The van der Waals surface area contributed by atoms with Crippen LogP contribution in [0.2, 0.25) is 0 Å². The largest absolute Gasteiger partial charge is 0.466 e. The van der Waals surface area contributed by atoms with Crippen LogP contribution in [0.5, 0.6) is 0 Å². The van der Waals surface area contributed by atoms with Gasteiger partial charge in [0.2, 0.25) is 6.54 Å². The Bertz CT molecular complexity index is 1060. The van der Waals surface area contributed by atoms with Crippen LogP contribution in [0.4, 0.5) is 0 Å². The van der Waals surface area contributed by atoms with Crippen LogP contribution in [-0.4, -0.2) is 43.0 Å². The number of esters is 1. The minimum Gasteiger partial charge on any atom is -0.466 e. The number of hydrogen-bond donors (Lipinski definition) is 0. The van der Waals surface area contributed by atoms with Crippen LogP contribution in [0, 0.1) is 15.5 Å². The molecule has 1 atom stereocenters. The summed E-state index contributed by atoms with van der Waals surface area (Å²) >= 11 is 0. The molecule has 1 unspecified atom stereocenters. The molecule has 1 spiro atoms. The van der Waals surface area contributed by atoms with Gasteiger partial charge in [-0.1, -0.05) is 289 Å². The first-order chi connectivity index (χ1) is 32.5. The summed E-state index contributed by atoms with van der Waals surface area (Å²) < 4.78 is 18.0. The number of carbonyl (C=O) groups excluding carboxylic acids is 1. The van der Waals surface area contributed by atoms with Crippen molar-refractivity contribution in [2.75, 3.05) is 26.4 Å². The van der Waals surface area contributed by atoms with Gasteiger partial charge in [0.15, 0.2) is 5.79 Å². The topological polar surface area (TPSA) is 87.9 Å². The Hall–Kier alpha value is -1.21. The van der Waals surface area contributed by atoms with E-state index in [9.17, 15) is 14.9 Å². The maximum Gasteiger partial charge on any atom is 0.306 e. The monoisotopic (exact) mass is 932 g/mol. The number of nitro groups is 1. The molecular weight excluding hydrogens is 819 g/mol. The van der Waals surface area contributed by atoms with Crippen molar-refractivity contribution in [1.82, 2.24) is 0 Å². The summed E-state index contributed by atoms with van der Waals surface area (Å²) in [5, 5.41) is 12.1. The van der Waals surface area contributed by atoms with Gasteiger partial charge in [-0.3, -0.25) is 14.9 Å². The molecule has 390 valence electrons. The van der Waals surface area contributed by atoms with Crippen LogP contribution < -0.4 is 0 Å². The number of rotatable bonds is 5. The molecule has 0 aromatic carbocycles. The van der Waals surface area contributed by atoms with E-state index in [0.717, 1.165) is 38.5 Å². The van der Waals surface area contributed by atoms with Gasteiger partial charge < -0.3 is 14.2 Å². The van der Waals surface area contributed by atoms with Crippen molar-refractivity contribution in [3.8, 4) is 0 Å². The highest BCUT2D eigenvalue weighted by atomic mass is 16.7. The molecule has 1 saturated heterocycles. The molecule has 1 aliphatic heterocycles. The molecule has 0 amide bonds. The smallest absolute Gasteiger partial charge is 0.306 e. The molecule has 1 saturated carbocycles. The van der Waals surface area contributed by atoms with E-state index in [1.807, 2.05) is 6.92 Å². The molecule has 2 fully saturated rings. The van der Waals surface area contributed by atoms with Crippen molar-refractivity contribution in [2.45, 2.75) is 340 Å². The first-order valence-electron chi connectivity index (χ1n) is 30.0. The second-order valence-electron chi connectivity index (χ2n) is 21.8. The first-order valence-corrected chi connectivity index (χ1v) is 30.0. The number of carbonyl (C=O) groups is 1. The fourth-order valence-corrected chi connectivity index (χ4v) is 11.3. The Morgan fingerprint density at radius 2 is 0.636 bits per heavy atom. The van der Waals surface area contributed by atoms with Crippen molar-refractivity contribution in [2.24, 2.45) is 5.41 Å². The average Bonchev–Trinajstić information content (AvgIpc) is 3.77. The van der Waals surface area contributed by atoms with Crippen molar-refractivity contribution >= 4 is 5.97 Å². The normalized spacial score (nSPS) is 25.3. The van der Waals surface area contributed by atoms with Crippen molar-refractivity contribution in [3.05, 3.63) is 10.1 Å². The zero-order valence-corrected chi connectivity index (χ0v) is 44.3. The van der Waals surface area contributed by atoms with Gasteiger partial charge in [-0.05, 0) is 26.2 Å². The second kappa shape index (κ2) is 45.0. The Morgan fingerprint density at radius 1 is 0.394 bits per heavy atom. The van der Waals surface area contributed by atoms with Gasteiger partial charge in [-0.15, -0.1) is 0 Å². The molecule has 0 aromatic heterocycles. The quantitative estimate of drug-likeness (QED) is 0.155. The SMILES string of the molecule is CCOC(=O)CC1(C[N+](=O)[O-])CCCCCCCCCCCCCCCCCCCCCCCCCCCCCCCCCCCCCCCCCCCCCCCCC2(CC1)OCCO2.